The second-order valence-electron chi connectivity index (χ2n) is 7.59. The highest BCUT2D eigenvalue weighted by Crippen LogP contribution is 2.47. The molecule has 0 aliphatic heterocycles. The SMILES string of the molecule is O=C(O)C1=C(C(=O)Nc2sc3c(c2-c2nc(C(F)(F)F)no2)CCC(F)(F)C3)CCCC1. The lowest BCUT2D eigenvalue weighted by atomic mass is 9.91. The lowest BCUT2D eigenvalue weighted by Gasteiger charge is -2.21. The van der Waals surface area contributed by atoms with E-state index in [4.69, 9.17) is 4.52 Å². The number of aromatic nitrogens is 2. The summed E-state index contributed by atoms with van der Waals surface area (Å²) in [5.41, 5.74) is 0.281. The molecule has 2 aromatic rings. The number of amides is 1. The van der Waals surface area contributed by atoms with E-state index in [1.807, 2.05) is 0 Å². The maximum Gasteiger partial charge on any atom is 0.455 e. The third kappa shape index (κ3) is 4.25. The van der Waals surface area contributed by atoms with Crippen LogP contribution in [-0.4, -0.2) is 33.0 Å². The van der Waals surface area contributed by atoms with Crippen molar-refractivity contribution >= 4 is 28.2 Å². The van der Waals surface area contributed by atoms with Gasteiger partial charge in [0, 0.05) is 28.9 Å². The minimum atomic E-state index is -4.88. The Bertz CT molecular complexity index is 1120. The van der Waals surface area contributed by atoms with E-state index in [-0.39, 0.29) is 45.9 Å². The molecule has 0 radical (unpaired) electrons. The van der Waals surface area contributed by atoms with Crippen LogP contribution in [0.15, 0.2) is 15.7 Å². The topological polar surface area (TPSA) is 105 Å². The predicted molar refractivity (Wildman–Crippen MR) is 101 cm³/mol. The van der Waals surface area contributed by atoms with E-state index in [0.717, 1.165) is 11.3 Å². The fourth-order valence-electron chi connectivity index (χ4n) is 3.88. The Morgan fingerprint density at radius 1 is 1.12 bits per heavy atom. The Balaban J connectivity index is 1.77. The second kappa shape index (κ2) is 7.94. The molecule has 0 saturated carbocycles. The zero-order valence-corrected chi connectivity index (χ0v) is 17.1. The van der Waals surface area contributed by atoms with Crippen LogP contribution in [0.5, 0.6) is 0 Å². The number of alkyl halides is 5. The molecule has 7 nitrogen and oxygen atoms in total. The first-order chi connectivity index (χ1) is 15.0. The highest BCUT2D eigenvalue weighted by molar-refractivity contribution is 7.17. The number of carboxylic acid groups (broad SMARTS) is 1. The Kier molecular flexibility index (Phi) is 5.55. The first-order valence-electron chi connectivity index (χ1n) is 9.66. The summed E-state index contributed by atoms with van der Waals surface area (Å²) in [5.74, 6) is -7.05. The summed E-state index contributed by atoms with van der Waals surface area (Å²) in [7, 11) is 0. The van der Waals surface area contributed by atoms with Crippen molar-refractivity contribution < 1.29 is 41.2 Å². The van der Waals surface area contributed by atoms with Crippen LogP contribution in [-0.2, 0) is 28.6 Å². The zero-order valence-electron chi connectivity index (χ0n) is 16.3. The van der Waals surface area contributed by atoms with Crippen LogP contribution < -0.4 is 5.32 Å². The van der Waals surface area contributed by atoms with Crippen molar-refractivity contribution in [1.82, 2.24) is 10.1 Å². The number of carbonyl (C=O) groups excluding carboxylic acids is 1. The van der Waals surface area contributed by atoms with Gasteiger partial charge >= 0.3 is 12.1 Å². The molecule has 1 amide bonds. The van der Waals surface area contributed by atoms with E-state index in [9.17, 15) is 36.6 Å². The number of hydrogen-bond acceptors (Lipinski definition) is 6. The highest BCUT2D eigenvalue weighted by Gasteiger charge is 2.41. The number of fused-ring (bicyclic) bond motifs is 1. The van der Waals surface area contributed by atoms with E-state index < -0.39 is 48.5 Å². The van der Waals surface area contributed by atoms with E-state index in [2.05, 4.69) is 15.5 Å². The number of nitrogens with zero attached hydrogens (tertiary/aromatic N) is 2. The third-order valence-corrected chi connectivity index (χ3v) is 6.52. The molecule has 4 rings (SSSR count). The summed E-state index contributed by atoms with van der Waals surface area (Å²) in [6.45, 7) is 0. The van der Waals surface area contributed by atoms with Gasteiger partial charge in [-0.25, -0.2) is 13.6 Å². The number of halogens is 5. The number of thiophene rings is 1. The van der Waals surface area contributed by atoms with Gasteiger partial charge in [-0.2, -0.15) is 18.2 Å². The monoisotopic (exact) mass is 477 g/mol. The maximum atomic E-state index is 13.9. The fourth-order valence-corrected chi connectivity index (χ4v) is 5.19. The molecule has 0 fully saturated rings. The standard InChI is InChI=1S/C19H16F5N3O4S/c20-18(21)6-5-10-11(7-18)32-15(12(10)14-26-17(27-31-14)19(22,23)24)25-13(28)8-3-1-2-4-9(8)16(29)30/h1-7H2,(H,25,28)(H,29,30). The van der Waals surface area contributed by atoms with Gasteiger partial charge in [-0.3, -0.25) is 4.79 Å². The van der Waals surface area contributed by atoms with Crippen molar-refractivity contribution in [1.29, 1.82) is 0 Å². The molecule has 0 saturated heterocycles. The van der Waals surface area contributed by atoms with Crippen LogP contribution in [0.3, 0.4) is 0 Å². The molecule has 2 heterocycles. The van der Waals surface area contributed by atoms with Crippen LogP contribution >= 0.6 is 11.3 Å². The average Bonchev–Trinajstić information content (AvgIpc) is 3.31. The molecule has 0 unspecified atom stereocenters. The summed E-state index contributed by atoms with van der Waals surface area (Å²) in [4.78, 5) is 27.9. The summed E-state index contributed by atoms with van der Waals surface area (Å²) >= 11 is 0.787. The molecule has 0 bridgehead atoms. The number of anilines is 1. The number of nitrogens with one attached hydrogen (secondary N) is 1. The number of hydrogen-bond donors (Lipinski definition) is 2. The van der Waals surface area contributed by atoms with Crippen LogP contribution in [0.2, 0.25) is 0 Å². The largest absolute Gasteiger partial charge is 0.478 e. The highest BCUT2D eigenvalue weighted by atomic mass is 32.1. The number of carbonyl (C=O) groups is 2. The summed E-state index contributed by atoms with van der Waals surface area (Å²) in [5, 5.41) is 14.7. The van der Waals surface area contributed by atoms with E-state index in [1.54, 1.807) is 0 Å². The molecular formula is C19H16F5N3O4S. The number of carboxylic acids is 1. The van der Waals surface area contributed by atoms with Crippen LogP contribution in [0.1, 0.15) is 48.4 Å². The summed E-state index contributed by atoms with van der Waals surface area (Å²) < 4.78 is 71.4. The molecule has 0 atom stereocenters. The summed E-state index contributed by atoms with van der Waals surface area (Å²) in [6.07, 6.45) is -4.58. The van der Waals surface area contributed by atoms with E-state index >= 15 is 0 Å². The Morgan fingerprint density at radius 2 is 1.81 bits per heavy atom. The Labute approximate surface area is 181 Å². The van der Waals surface area contributed by atoms with Gasteiger partial charge < -0.3 is 14.9 Å². The van der Waals surface area contributed by atoms with Crippen LogP contribution in [0.4, 0.5) is 27.0 Å². The lowest BCUT2D eigenvalue weighted by Crippen LogP contribution is -2.24. The van der Waals surface area contributed by atoms with Gasteiger partial charge in [0.2, 0.25) is 0 Å². The molecule has 13 heteroatoms. The molecule has 32 heavy (non-hydrogen) atoms. The van der Waals surface area contributed by atoms with Gasteiger partial charge in [-0.1, -0.05) is 5.16 Å². The molecule has 2 N–H and O–H groups in total. The van der Waals surface area contributed by atoms with Gasteiger partial charge in [0.1, 0.15) is 5.00 Å². The van der Waals surface area contributed by atoms with Crippen LogP contribution in [0.25, 0.3) is 11.5 Å². The first kappa shape index (κ1) is 22.4. The second-order valence-corrected chi connectivity index (χ2v) is 8.69. The van der Waals surface area contributed by atoms with Crippen molar-refractivity contribution in [3.63, 3.8) is 0 Å². The quantitative estimate of drug-likeness (QED) is 0.611. The van der Waals surface area contributed by atoms with Crippen molar-refractivity contribution in [2.75, 3.05) is 5.32 Å². The van der Waals surface area contributed by atoms with Gasteiger partial charge in [0.15, 0.2) is 0 Å². The average molecular weight is 477 g/mol. The number of aliphatic carboxylic acids is 1. The van der Waals surface area contributed by atoms with Gasteiger partial charge in [0.05, 0.1) is 5.56 Å². The molecule has 172 valence electrons. The van der Waals surface area contributed by atoms with Gasteiger partial charge in [0.25, 0.3) is 23.5 Å². The van der Waals surface area contributed by atoms with Crippen molar-refractivity contribution in [2.45, 2.75) is 57.0 Å². The van der Waals surface area contributed by atoms with Crippen LogP contribution in [0, 0.1) is 0 Å². The first-order valence-corrected chi connectivity index (χ1v) is 10.5. The normalized spacial score (nSPS) is 18.4. The Morgan fingerprint density at radius 3 is 2.44 bits per heavy atom. The van der Waals surface area contributed by atoms with Crippen molar-refractivity contribution in [3.05, 3.63) is 27.4 Å². The minimum absolute atomic E-state index is 0.0297. The van der Waals surface area contributed by atoms with E-state index in [1.165, 1.54) is 0 Å². The maximum absolute atomic E-state index is 13.9. The molecule has 0 aromatic carbocycles. The molecule has 0 spiro atoms. The summed E-state index contributed by atoms with van der Waals surface area (Å²) in [6, 6.07) is 0. The van der Waals surface area contributed by atoms with Gasteiger partial charge in [-0.05, 0) is 37.7 Å². The zero-order chi connectivity index (χ0) is 23.3. The van der Waals surface area contributed by atoms with E-state index in [0.29, 0.717) is 18.4 Å². The van der Waals surface area contributed by atoms with Crippen molar-refractivity contribution in [3.8, 4) is 11.5 Å². The third-order valence-electron chi connectivity index (χ3n) is 5.37. The van der Waals surface area contributed by atoms with Crippen molar-refractivity contribution in [2.24, 2.45) is 0 Å². The molecule has 2 aliphatic rings. The molecular weight excluding hydrogens is 461 g/mol. The molecule has 2 aliphatic carbocycles. The number of rotatable bonds is 4. The Hall–Kier alpha value is -2.83. The fraction of sp³-hybridized carbons (Fsp3) is 0.474. The minimum Gasteiger partial charge on any atom is -0.478 e. The molecule has 2 aromatic heterocycles. The predicted octanol–water partition coefficient (Wildman–Crippen LogP) is 4.83. The van der Waals surface area contributed by atoms with Gasteiger partial charge in [-0.15, -0.1) is 11.3 Å². The lowest BCUT2D eigenvalue weighted by molar-refractivity contribution is -0.146. The smallest absolute Gasteiger partial charge is 0.455 e.